The molecule has 8 aromatic rings. The van der Waals surface area contributed by atoms with Gasteiger partial charge in [0.05, 0.1) is 22.5 Å². The third-order valence-corrected chi connectivity index (χ3v) is 9.90. The summed E-state index contributed by atoms with van der Waals surface area (Å²) in [6.45, 7) is 0. The molecule has 0 N–H and O–H groups in total. The van der Waals surface area contributed by atoms with Gasteiger partial charge in [0.2, 0.25) is 0 Å². The molecular weight excluding hydrogens is 571 g/mol. The number of hydrogen-bond donors (Lipinski definition) is 0. The fourth-order valence-electron chi connectivity index (χ4n) is 8.02. The van der Waals surface area contributed by atoms with Gasteiger partial charge in [-0.05, 0) is 39.3 Å². The normalized spacial score (nSPS) is 13.3. The van der Waals surface area contributed by atoms with Gasteiger partial charge in [-0.3, -0.25) is 0 Å². The third-order valence-electron chi connectivity index (χ3n) is 9.90. The molecule has 6 aromatic carbocycles. The van der Waals surface area contributed by atoms with E-state index in [9.17, 15) is 0 Å². The molecule has 0 bridgehead atoms. The lowest BCUT2D eigenvalue weighted by Crippen LogP contribution is -2.26. The monoisotopic (exact) mass is 597 g/mol. The maximum atomic E-state index is 5.60. The van der Waals surface area contributed by atoms with Gasteiger partial charge in [-0.15, -0.1) is 0 Å². The maximum absolute atomic E-state index is 5.60. The first-order valence-corrected chi connectivity index (χ1v) is 16.0. The highest BCUT2D eigenvalue weighted by Gasteiger charge is 2.53. The Balaban J connectivity index is 1.32. The van der Waals surface area contributed by atoms with E-state index in [2.05, 4.69) is 152 Å². The minimum atomic E-state index is -0.480. The lowest BCUT2D eigenvalue weighted by molar-refractivity contribution is 0.799. The van der Waals surface area contributed by atoms with Crippen LogP contribution in [0.3, 0.4) is 0 Å². The van der Waals surface area contributed by atoms with Crippen molar-refractivity contribution >= 4 is 10.8 Å². The van der Waals surface area contributed by atoms with Crippen molar-refractivity contribution in [3.05, 3.63) is 186 Å². The van der Waals surface area contributed by atoms with E-state index < -0.39 is 5.41 Å². The molecule has 2 aliphatic rings. The molecule has 3 heteroatoms. The second-order valence-corrected chi connectivity index (χ2v) is 12.3. The van der Waals surface area contributed by atoms with Gasteiger partial charge < -0.3 is 0 Å². The van der Waals surface area contributed by atoms with Gasteiger partial charge in [0, 0.05) is 27.6 Å². The van der Waals surface area contributed by atoms with Crippen LogP contribution >= 0.6 is 0 Å². The number of nitrogens with zero attached hydrogens (tertiary/aromatic N) is 3. The summed E-state index contributed by atoms with van der Waals surface area (Å²) >= 11 is 0. The number of pyridine rings is 1. The predicted molar refractivity (Wildman–Crippen MR) is 190 cm³/mol. The Morgan fingerprint density at radius 2 is 0.809 bits per heavy atom. The summed E-state index contributed by atoms with van der Waals surface area (Å²) in [5.41, 5.74) is 14.0. The Kier molecular flexibility index (Phi) is 5.49. The van der Waals surface area contributed by atoms with Gasteiger partial charge in [0.15, 0.2) is 5.82 Å². The zero-order chi connectivity index (χ0) is 31.0. The van der Waals surface area contributed by atoms with Crippen LogP contribution in [-0.2, 0) is 5.41 Å². The van der Waals surface area contributed by atoms with Crippen molar-refractivity contribution in [3.63, 3.8) is 0 Å². The number of rotatable bonds is 3. The largest absolute Gasteiger partial charge is 0.243 e. The maximum Gasteiger partial charge on any atom is 0.179 e. The molecule has 0 amide bonds. The summed E-state index contributed by atoms with van der Waals surface area (Å²) in [5, 5.41) is 2.22. The molecule has 47 heavy (non-hydrogen) atoms. The Hall–Kier alpha value is -6.19. The molecule has 0 saturated carbocycles. The van der Waals surface area contributed by atoms with E-state index >= 15 is 0 Å². The lowest BCUT2D eigenvalue weighted by Gasteiger charge is -2.31. The molecule has 218 valence electrons. The number of benzene rings is 6. The van der Waals surface area contributed by atoms with Crippen LogP contribution in [0.2, 0.25) is 0 Å². The van der Waals surface area contributed by atoms with Crippen LogP contribution in [0.5, 0.6) is 0 Å². The molecule has 0 atom stereocenters. The Morgan fingerprint density at radius 1 is 0.362 bits per heavy atom. The van der Waals surface area contributed by atoms with E-state index in [0.29, 0.717) is 5.82 Å². The summed E-state index contributed by atoms with van der Waals surface area (Å²) in [6.07, 6.45) is 0. The van der Waals surface area contributed by atoms with Crippen LogP contribution in [0.1, 0.15) is 22.3 Å². The first-order chi connectivity index (χ1) is 23.3. The van der Waals surface area contributed by atoms with Crippen molar-refractivity contribution in [3.8, 4) is 56.4 Å². The highest BCUT2D eigenvalue weighted by atomic mass is 14.9. The van der Waals surface area contributed by atoms with Crippen LogP contribution in [-0.4, -0.2) is 15.0 Å². The van der Waals surface area contributed by atoms with Crippen LogP contribution in [0, 0.1) is 0 Å². The predicted octanol–water partition coefficient (Wildman–Crippen LogP) is 10.4. The molecule has 3 nitrogen and oxygen atoms in total. The summed E-state index contributed by atoms with van der Waals surface area (Å²) in [6, 6.07) is 58.1. The quantitative estimate of drug-likeness (QED) is 0.203. The summed E-state index contributed by atoms with van der Waals surface area (Å²) in [7, 11) is 0. The number of aromatic nitrogens is 3. The highest BCUT2D eigenvalue weighted by Crippen LogP contribution is 2.63. The Morgan fingerprint density at radius 3 is 1.38 bits per heavy atom. The van der Waals surface area contributed by atoms with Gasteiger partial charge in [-0.1, -0.05) is 158 Å². The lowest BCUT2D eigenvalue weighted by atomic mass is 9.69. The Labute approximate surface area is 272 Å². The second-order valence-electron chi connectivity index (χ2n) is 12.3. The molecule has 2 aliphatic carbocycles. The van der Waals surface area contributed by atoms with E-state index in [-0.39, 0.29) is 0 Å². The third kappa shape index (κ3) is 3.60. The average Bonchev–Trinajstić information content (AvgIpc) is 3.62. The molecule has 2 heterocycles. The molecule has 0 aliphatic heterocycles. The first kappa shape index (κ1) is 26.1. The van der Waals surface area contributed by atoms with E-state index in [1.54, 1.807) is 0 Å². The number of hydrogen-bond acceptors (Lipinski definition) is 3. The molecular formula is C44H27N3. The van der Waals surface area contributed by atoms with Gasteiger partial charge in [0.25, 0.3) is 0 Å². The topological polar surface area (TPSA) is 38.7 Å². The van der Waals surface area contributed by atoms with E-state index in [0.717, 1.165) is 44.9 Å². The molecule has 1 spiro atoms. The Bertz CT molecular complexity index is 2410. The van der Waals surface area contributed by atoms with Crippen molar-refractivity contribution in [2.75, 3.05) is 0 Å². The van der Waals surface area contributed by atoms with Gasteiger partial charge in [-0.25, -0.2) is 15.0 Å². The van der Waals surface area contributed by atoms with Gasteiger partial charge >= 0.3 is 0 Å². The van der Waals surface area contributed by atoms with E-state index in [1.807, 2.05) is 12.1 Å². The minimum Gasteiger partial charge on any atom is -0.243 e. The van der Waals surface area contributed by atoms with Crippen molar-refractivity contribution in [1.29, 1.82) is 0 Å². The fourth-order valence-corrected chi connectivity index (χ4v) is 8.02. The molecule has 0 fully saturated rings. The number of fused-ring (bicyclic) bond motifs is 12. The van der Waals surface area contributed by atoms with Gasteiger partial charge in [-0.2, -0.15) is 0 Å². The van der Waals surface area contributed by atoms with Crippen molar-refractivity contribution in [2.45, 2.75) is 5.41 Å². The SMILES string of the molecule is c1ccc(-c2cc(-c3ccccc3)nc(-c3nc4c(c5ccccc35)C3(c5ccccc5-c5ccccc53)c3ccccc3-4)n2)cc1. The van der Waals surface area contributed by atoms with Crippen molar-refractivity contribution < 1.29 is 0 Å². The molecule has 0 radical (unpaired) electrons. The molecule has 10 rings (SSSR count). The van der Waals surface area contributed by atoms with Crippen LogP contribution in [0.15, 0.2) is 164 Å². The zero-order valence-corrected chi connectivity index (χ0v) is 25.4. The smallest absolute Gasteiger partial charge is 0.179 e. The summed E-state index contributed by atoms with van der Waals surface area (Å²) in [4.78, 5) is 16.0. The van der Waals surface area contributed by atoms with Crippen LogP contribution in [0.25, 0.3) is 67.2 Å². The molecule has 0 saturated heterocycles. The summed E-state index contributed by atoms with van der Waals surface area (Å²) in [5.74, 6) is 0.620. The second kappa shape index (κ2) is 9.90. The van der Waals surface area contributed by atoms with Crippen LogP contribution < -0.4 is 0 Å². The fraction of sp³-hybridized carbons (Fsp3) is 0.0227. The van der Waals surface area contributed by atoms with E-state index in [1.165, 1.54) is 38.8 Å². The van der Waals surface area contributed by atoms with Crippen molar-refractivity contribution in [1.82, 2.24) is 15.0 Å². The van der Waals surface area contributed by atoms with Crippen molar-refractivity contribution in [2.24, 2.45) is 0 Å². The van der Waals surface area contributed by atoms with E-state index in [4.69, 9.17) is 15.0 Å². The summed E-state index contributed by atoms with van der Waals surface area (Å²) < 4.78 is 0. The average molecular weight is 598 g/mol. The molecule has 0 unspecified atom stereocenters. The van der Waals surface area contributed by atoms with Gasteiger partial charge in [0.1, 0.15) is 5.69 Å². The zero-order valence-electron chi connectivity index (χ0n) is 25.4. The first-order valence-electron chi connectivity index (χ1n) is 16.0. The van der Waals surface area contributed by atoms with Crippen LogP contribution in [0.4, 0.5) is 0 Å². The molecule has 2 aromatic heterocycles. The standard InChI is InChI=1S/C44H27N3/c1-3-15-28(16-4-1)38-27-39(29-17-5-2-6-18-29)46-43(45-38)42-33-22-8-7-21-32(33)40-41(47-42)34-23-11-14-26-37(34)44(40)35-24-12-9-19-30(35)31-20-10-13-25-36(31)44/h1-27H. The highest BCUT2D eigenvalue weighted by molar-refractivity contribution is 6.06. The minimum absolute atomic E-state index is 0.480.